The van der Waals surface area contributed by atoms with Crippen molar-refractivity contribution in [1.29, 1.82) is 0 Å². The Morgan fingerprint density at radius 2 is 0.959 bits per heavy atom. The van der Waals surface area contributed by atoms with Crippen molar-refractivity contribution in [1.82, 2.24) is 4.57 Å². The van der Waals surface area contributed by atoms with Crippen LogP contribution >= 0.6 is 0 Å². The minimum atomic E-state index is -0.196. The normalized spacial score (nSPS) is 13.3. The third kappa shape index (κ3) is 4.01. The van der Waals surface area contributed by atoms with Gasteiger partial charge in [0.1, 0.15) is 0 Å². The predicted octanol–water partition coefficient (Wildman–Crippen LogP) is 12.9. The molecular weight excluding hydrogens is 593 g/mol. The molecule has 0 N–H and O–H groups in total. The van der Waals surface area contributed by atoms with E-state index in [0.717, 1.165) is 5.69 Å². The molecule has 1 aliphatic rings. The van der Waals surface area contributed by atoms with Gasteiger partial charge in [-0.2, -0.15) is 0 Å². The number of rotatable bonds is 4. The van der Waals surface area contributed by atoms with E-state index in [0.29, 0.717) is 0 Å². The van der Waals surface area contributed by atoms with Crippen molar-refractivity contribution in [2.75, 3.05) is 4.90 Å². The van der Waals surface area contributed by atoms with Crippen LogP contribution in [0.25, 0.3) is 60.2 Å². The summed E-state index contributed by atoms with van der Waals surface area (Å²) < 4.78 is 2.47. The molecule has 2 nitrogen and oxygen atoms in total. The molecule has 0 amide bonds. The maximum absolute atomic E-state index is 2.47. The molecule has 0 atom stereocenters. The maximum atomic E-state index is 2.47. The van der Waals surface area contributed by atoms with Gasteiger partial charge in [0.25, 0.3) is 0 Å². The van der Waals surface area contributed by atoms with Crippen LogP contribution in [0.5, 0.6) is 0 Å². The van der Waals surface area contributed by atoms with Gasteiger partial charge in [0.05, 0.1) is 28.1 Å². The lowest BCUT2D eigenvalue weighted by atomic mass is 9.82. The highest BCUT2D eigenvalue weighted by Gasteiger charge is 2.38. The number of aromatic nitrogens is 1. The van der Waals surface area contributed by atoms with Gasteiger partial charge < -0.3 is 9.47 Å². The van der Waals surface area contributed by atoms with E-state index in [9.17, 15) is 0 Å². The Labute approximate surface area is 286 Å². The van der Waals surface area contributed by atoms with Gasteiger partial charge in [0, 0.05) is 38.2 Å². The second-order valence-electron chi connectivity index (χ2n) is 13.8. The quantitative estimate of drug-likeness (QED) is 0.189. The molecule has 0 fully saturated rings. The van der Waals surface area contributed by atoms with Crippen LogP contribution in [0.1, 0.15) is 25.0 Å². The number of benzene rings is 8. The van der Waals surface area contributed by atoms with Crippen molar-refractivity contribution in [3.05, 3.63) is 181 Å². The fraction of sp³-hybridized carbons (Fsp3) is 0.0638. The Morgan fingerprint density at radius 3 is 1.57 bits per heavy atom. The van der Waals surface area contributed by atoms with Gasteiger partial charge in [-0.05, 0) is 69.9 Å². The topological polar surface area (TPSA) is 8.17 Å². The highest BCUT2D eigenvalue weighted by molar-refractivity contribution is 6.10. The van der Waals surface area contributed by atoms with E-state index in [1.54, 1.807) is 0 Å². The van der Waals surface area contributed by atoms with Gasteiger partial charge >= 0.3 is 0 Å². The Hall–Kier alpha value is -6.12. The third-order valence-corrected chi connectivity index (χ3v) is 10.8. The Morgan fingerprint density at radius 1 is 0.449 bits per heavy atom. The second kappa shape index (κ2) is 10.4. The van der Waals surface area contributed by atoms with E-state index >= 15 is 0 Å². The summed E-state index contributed by atoms with van der Waals surface area (Å²) in [5.74, 6) is 0. The lowest BCUT2D eigenvalue weighted by Gasteiger charge is -2.30. The van der Waals surface area contributed by atoms with Gasteiger partial charge in [0.15, 0.2) is 0 Å². The van der Waals surface area contributed by atoms with Crippen LogP contribution in [0.4, 0.5) is 17.1 Å². The molecule has 0 unspecified atom stereocenters. The van der Waals surface area contributed by atoms with E-state index in [1.807, 2.05) is 0 Å². The number of hydrogen-bond acceptors (Lipinski definition) is 1. The van der Waals surface area contributed by atoms with Crippen LogP contribution in [0, 0.1) is 0 Å². The van der Waals surface area contributed by atoms with E-state index in [4.69, 9.17) is 0 Å². The Bertz CT molecular complexity index is 2620. The lowest BCUT2D eigenvalue weighted by molar-refractivity contribution is 0.660. The molecule has 0 bridgehead atoms. The first-order valence-electron chi connectivity index (χ1n) is 17.1. The standard InChI is InChI=1S/C47H34N2/c1-47(2)39-22-13-27-45(49-43-23-9-7-20-36(43)37-21-8-10-24-44(37)49)46(39)38-29-28-33(30-40(38)47)48(41-25-11-16-31-14-3-5-18-34(31)41)42-26-12-17-32-15-4-6-19-35(32)42/h3-30H,1-2H3. The minimum absolute atomic E-state index is 0.196. The van der Waals surface area contributed by atoms with Gasteiger partial charge in [0.2, 0.25) is 0 Å². The second-order valence-corrected chi connectivity index (χ2v) is 13.8. The number of hydrogen-bond donors (Lipinski definition) is 0. The summed E-state index contributed by atoms with van der Waals surface area (Å²) in [6, 6.07) is 62.4. The smallest absolute Gasteiger partial charge is 0.0543 e. The first-order chi connectivity index (χ1) is 24.1. The lowest BCUT2D eigenvalue weighted by Crippen LogP contribution is -2.17. The molecule has 0 saturated heterocycles. The molecule has 8 aromatic carbocycles. The van der Waals surface area contributed by atoms with E-state index in [-0.39, 0.29) is 5.41 Å². The first-order valence-corrected chi connectivity index (χ1v) is 17.1. The minimum Gasteiger partial charge on any atom is -0.309 e. The summed E-state index contributed by atoms with van der Waals surface area (Å²) in [6.07, 6.45) is 0. The van der Waals surface area contributed by atoms with Gasteiger partial charge in [-0.15, -0.1) is 0 Å². The maximum Gasteiger partial charge on any atom is 0.0543 e. The molecule has 0 radical (unpaired) electrons. The van der Waals surface area contributed by atoms with Crippen LogP contribution in [0.15, 0.2) is 170 Å². The fourth-order valence-corrected chi connectivity index (χ4v) is 8.48. The van der Waals surface area contributed by atoms with E-state index in [2.05, 4.69) is 193 Å². The molecule has 232 valence electrons. The molecule has 0 aliphatic heterocycles. The third-order valence-electron chi connectivity index (χ3n) is 10.8. The van der Waals surface area contributed by atoms with Crippen molar-refractivity contribution in [3.8, 4) is 16.8 Å². The van der Waals surface area contributed by atoms with Crippen LogP contribution in [-0.4, -0.2) is 4.57 Å². The molecule has 1 heterocycles. The summed E-state index contributed by atoms with van der Waals surface area (Å²) in [5, 5.41) is 7.49. The molecule has 1 aromatic heterocycles. The molecule has 0 spiro atoms. The predicted molar refractivity (Wildman–Crippen MR) is 208 cm³/mol. The average molecular weight is 627 g/mol. The molecule has 0 saturated carbocycles. The zero-order chi connectivity index (χ0) is 32.7. The molecule has 10 rings (SSSR count). The molecular formula is C47H34N2. The summed E-state index contributed by atoms with van der Waals surface area (Å²) in [5.41, 5.74) is 12.3. The monoisotopic (exact) mass is 626 g/mol. The van der Waals surface area contributed by atoms with Crippen LogP contribution in [0.2, 0.25) is 0 Å². The van der Waals surface area contributed by atoms with Gasteiger partial charge in [-0.1, -0.05) is 141 Å². The summed E-state index contributed by atoms with van der Waals surface area (Å²) in [4.78, 5) is 2.47. The van der Waals surface area contributed by atoms with Crippen molar-refractivity contribution in [3.63, 3.8) is 0 Å². The SMILES string of the molecule is CC1(C)c2cc(N(c3cccc4ccccc34)c3cccc4ccccc34)ccc2-c2c(-n3c4ccccc4c4ccccc43)cccc21. The van der Waals surface area contributed by atoms with Gasteiger partial charge in [-0.3, -0.25) is 0 Å². The van der Waals surface area contributed by atoms with Crippen LogP contribution in [0.3, 0.4) is 0 Å². The van der Waals surface area contributed by atoms with Gasteiger partial charge in [-0.25, -0.2) is 0 Å². The number of fused-ring (bicyclic) bond motifs is 8. The number of nitrogens with zero attached hydrogens (tertiary/aromatic N) is 2. The Balaban J connectivity index is 1.23. The largest absolute Gasteiger partial charge is 0.309 e. The highest BCUT2D eigenvalue weighted by atomic mass is 15.1. The molecule has 2 heteroatoms. The first kappa shape index (κ1) is 27.9. The zero-order valence-electron chi connectivity index (χ0n) is 27.6. The molecule has 9 aromatic rings. The fourth-order valence-electron chi connectivity index (χ4n) is 8.48. The van der Waals surface area contributed by atoms with Crippen molar-refractivity contribution in [2.45, 2.75) is 19.3 Å². The zero-order valence-corrected chi connectivity index (χ0v) is 27.6. The summed E-state index contributed by atoms with van der Waals surface area (Å²) in [6.45, 7) is 4.77. The molecule has 1 aliphatic carbocycles. The van der Waals surface area contributed by atoms with E-state index in [1.165, 1.54) is 82.7 Å². The Kier molecular flexibility index (Phi) is 5.95. The average Bonchev–Trinajstić information content (AvgIpc) is 3.60. The summed E-state index contributed by atoms with van der Waals surface area (Å²) in [7, 11) is 0. The number of para-hydroxylation sites is 2. The van der Waals surface area contributed by atoms with Crippen LogP contribution < -0.4 is 4.90 Å². The summed E-state index contributed by atoms with van der Waals surface area (Å²) >= 11 is 0. The van der Waals surface area contributed by atoms with Crippen LogP contribution in [-0.2, 0) is 5.41 Å². The van der Waals surface area contributed by atoms with Crippen molar-refractivity contribution < 1.29 is 0 Å². The molecule has 49 heavy (non-hydrogen) atoms. The number of anilines is 3. The van der Waals surface area contributed by atoms with E-state index < -0.39 is 0 Å². The van der Waals surface area contributed by atoms with Crippen molar-refractivity contribution >= 4 is 60.4 Å². The highest BCUT2D eigenvalue weighted by Crippen LogP contribution is 2.54. The van der Waals surface area contributed by atoms with Crippen molar-refractivity contribution in [2.24, 2.45) is 0 Å².